The summed E-state index contributed by atoms with van der Waals surface area (Å²) in [5.41, 5.74) is 2.77. The zero-order chi connectivity index (χ0) is 13.8. The summed E-state index contributed by atoms with van der Waals surface area (Å²) in [7, 11) is 0. The summed E-state index contributed by atoms with van der Waals surface area (Å²) >= 11 is 0. The number of nitrogens with one attached hydrogen (secondary N) is 1. The molecular weight excluding hydrogens is 234 g/mol. The van der Waals surface area contributed by atoms with Crippen molar-refractivity contribution in [1.29, 1.82) is 0 Å². The summed E-state index contributed by atoms with van der Waals surface area (Å²) in [6.45, 7) is 9.62. The van der Waals surface area contributed by atoms with Crippen molar-refractivity contribution >= 4 is 0 Å². The molecule has 0 saturated heterocycles. The summed E-state index contributed by atoms with van der Waals surface area (Å²) in [5, 5.41) is 3.68. The molecule has 2 heteroatoms. The maximum absolute atomic E-state index is 5.82. The highest BCUT2D eigenvalue weighted by Crippen LogP contribution is 2.35. The van der Waals surface area contributed by atoms with Gasteiger partial charge in [0.25, 0.3) is 0 Å². The number of furan rings is 1. The first-order valence-corrected chi connectivity index (χ1v) is 7.93. The van der Waals surface area contributed by atoms with Gasteiger partial charge in [0.1, 0.15) is 11.5 Å². The predicted molar refractivity (Wildman–Crippen MR) is 80.5 cm³/mol. The summed E-state index contributed by atoms with van der Waals surface area (Å²) in [4.78, 5) is 0. The molecule has 1 fully saturated rings. The van der Waals surface area contributed by atoms with Gasteiger partial charge in [-0.05, 0) is 45.2 Å². The molecule has 19 heavy (non-hydrogen) atoms. The van der Waals surface area contributed by atoms with Crippen LogP contribution in [0.25, 0.3) is 0 Å². The molecule has 1 unspecified atom stereocenters. The Morgan fingerprint density at radius 2 is 1.79 bits per heavy atom. The second-order valence-corrected chi connectivity index (χ2v) is 6.10. The van der Waals surface area contributed by atoms with Gasteiger partial charge in [0.2, 0.25) is 0 Å². The summed E-state index contributed by atoms with van der Waals surface area (Å²) in [6.07, 6.45) is 8.38. The summed E-state index contributed by atoms with van der Waals surface area (Å²) in [5.74, 6) is 3.09. The Morgan fingerprint density at radius 1 is 1.11 bits per heavy atom. The number of rotatable bonds is 5. The number of hydrogen-bond donors (Lipinski definition) is 1. The lowest BCUT2D eigenvalue weighted by Crippen LogP contribution is -2.25. The Hall–Kier alpha value is -0.760. The van der Waals surface area contributed by atoms with E-state index in [4.69, 9.17) is 4.42 Å². The Kier molecular flexibility index (Phi) is 5.09. The molecular formula is C17H29NO. The molecule has 2 nitrogen and oxygen atoms in total. The predicted octanol–water partition coefficient (Wildman–Crippen LogP) is 4.83. The average molecular weight is 263 g/mol. The van der Waals surface area contributed by atoms with E-state index in [1.54, 1.807) is 0 Å². The number of aryl methyl sites for hydroxylation is 2. The van der Waals surface area contributed by atoms with Crippen LogP contribution in [0.5, 0.6) is 0 Å². The van der Waals surface area contributed by atoms with E-state index in [1.165, 1.54) is 49.7 Å². The van der Waals surface area contributed by atoms with E-state index in [0.29, 0.717) is 6.04 Å². The van der Waals surface area contributed by atoms with Crippen LogP contribution in [0.2, 0.25) is 0 Å². The lowest BCUT2D eigenvalue weighted by Gasteiger charge is -2.27. The van der Waals surface area contributed by atoms with Crippen LogP contribution in [0.3, 0.4) is 0 Å². The molecule has 0 radical (unpaired) electrons. The zero-order valence-corrected chi connectivity index (χ0v) is 13.0. The molecule has 1 heterocycles. The van der Waals surface area contributed by atoms with Crippen LogP contribution in [0.15, 0.2) is 4.42 Å². The van der Waals surface area contributed by atoms with E-state index in [1.807, 2.05) is 0 Å². The van der Waals surface area contributed by atoms with Crippen molar-refractivity contribution in [3.63, 3.8) is 0 Å². The second kappa shape index (κ2) is 6.60. The maximum Gasteiger partial charge on any atom is 0.106 e. The molecule has 0 aromatic carbocycles. The van der Waals surface area contributed by atoms with Gasteiger partial charge < -0.3 is 9.73 Å². The van der Waals surface area contributed by atoms with E-state index in [2.05, 4.69) is 33.0 Å². The molecule has 1 saturated carbocycles. The van der Waals surface area contributed by atoms with E-state index >= 15 is 0 Å². The summed E-state index contributed by atoms with van der Waals surface area (Å²) in [6, 6.07) is 0.477. The molecule has 0 spiro atoms. The van der Waals surface area contributed by atoms with Crippen molar-refractivity contribution in [3.8, 4) is 0 Å². The molecule has 108 valence electrons. The molecule has 1 aromatic rings. The Morgan fingerprint density at radius 3 is 2.32 bits per heavy atom. The normalized spacial score (nSPS) is 18.7. The van der Waals surface area contributed by atoms with Crippen LogP contribution >= 0.6 is 0 Å². The lowest BCUT2D eigenvalue weighted by atomic mass is 9.82. The number of hydrogen-bond acceptors (Lipinski definition) is 2. The zero-order valence-electron chi connectivity index (χ0n) is 13.0. The minimum absolute atomic E-state index is 0.477. The Bertz CT molecular complexity index is 402. The van der Waals surface area contributed by atoms with Gasteiger partial charge in [0.05, 0.1) is 0 Å². The van der Waals surface area contributed by atoms with E-state index < -0.39 is 0 Å². The van der Waals surface area contributed by atoms with E-state index in [0.717, 1.165) is 24.0 Å². The van der Waals surface area contributed by atoms with Crippen molar-refractivity contribution in [2.24, 2.45) is 5.92 Å². The van der Waals surface area contributed by atoms with Gasteiger partial charge in [0, 0.05) is 11.6 Å². The third-order valence-electron chi connectivity index (χ3n) is 4.71. The average Bonchev–Trinajstić information content (AvgIpc) is 2.64. The van der Waals surface area contributed by atoms with Gasteiger partial charge in [-0.15, -0.1) is 0 Å². The molecule has 1 aromatic heterocycles. The second-order valence-electron chi connectivity index (χ2n) is 6.10. The minimum atomic E-state index is 0.477. The summed E-state index contributed by atoms with van der Waals surface area (Å²) < 4.78 is 5.82. The van der Waals surface area contributed by atoms with Crippen molar-refractivity contribution in [1.82, 2.24) is 5.32 Å². The maximum atomic E-state index is 5.82. The highest BCUT2D eigenvalue weighted by molar-refractivity contribution is 5.34. The molecule has 1 aliphatic carbocycles. The van der Waals surface area contributed by atoms with Crippen LogP contribution in [-0.2, 0) is 0 Å². The molecule has 1 N–H and O–H groups in total. The fourth-order valence-electron chi connectivity index (χ4n) is 3.63. The van der Waals surface area contributed by atoms with Gasteiger partial charge in [-0.2, -0.15) is 0 Å². The fourth-order valence-corrected chi connectivity index (χ4v) is 3.63. The van der Waals surface area contributed by atoms with Crippen LogP contribution in [0.1, 0.15) is 74.1 Å². The molecule has 1 aliphatic rings. The van der Waals surface area contributed by atoms with Crippen LogP contribution in [0.4, 0.5) is 0 Å². The molecule has 1 atom stereocenters. The molecule has 2 rings (SSSR count). The lowest BCUT2D eigenvalue weighted by molar-refractivity contribution is 0.300. The third-order valence-corrected chi connectivity index (χ3v) is 4.71. The van der Waals surface area contributed by atoms with Crippen LogP contribution < -0.4 is 5.32 Å². The van der Waals surface area contributed by atoms with Gasteiger partial charge >= 0.3 is 0 Å². The first kappa shape index (κ1) is 14.6. The first-order valence-electron chi connectivity index (χ1n) is 7.93. The monoisotopic (exact) mass is 263 g/mol. The van der Waals surface area contributed by atoms with Gasteiger partial charge in [0.15, 0.2) is 0 Å². The third kappa shape index (κ3) is 3.42. The fraction of sp³-hybridized carbons (Fsp3) is 0.765. The van der Waals surface area contributed by atoms with Gasteiger partial charge in [-0.25, -0.2) is 0 Å². The molecule has 0 aliphatic heterocycles. The van der Waals surface area contributed by atoms with Gasteiger partial charge in [-0.1, -0.05) is 39.0 Å². The van der Waals surface area contributed by atoms with Crippen molar-refractivity contribution in [3.05, 3.63) is 22.6 Å². The Labute approximate surface area is 118 Å². The smallest absolute Gasteiger partial charge is 0.106 e. The highest BCUT2D eigenvalue weighted by Gasteiger charge is 2.24. The largest absolute Gasteiger partial charge is 0.466 e. The highest BCUT2D eigenvalue weighted by atomic mass is 16.3. The van der Waals surface area contributed by atoms with Crippen molar-refractivity contribution in [2.45, 2.75) is 72.3 Å². The standard InChI is InChI=1S/C17H29NO/c1-5-18-16(11-15-9-7-6-8-10-15)17-12(2)13(3)19-14(17)4/h15-16,18H,5-11H2,1-4H3. The van der Waals surface area contributed by atoms with E-state index in [-0.39, 0.29) is 0 Å². The minimum Gasteiger partial charge on any atom is -0.466 e. The first-order chi connectivity index (χ1) is 9.13. The van der Waals surface area contributed by atoms with Gasteiger partial charge in [-0.3, -0.25) is 0 Å². The van der Waals surface area contributed by atoms with Crippen molar-refractivity contribution < 1.29 is 4.42 Å². The topological polar surface area (TPSA) is 25.2 Å². The SMILES string of the molecule is CCNC(CC1CCCCC1)c1c(C)oc(C)c1C. The molecule has 0 bridgehead atoms. The Balaban J connectivity index is 2.14. The van der Waals surface area contributed by atoms with Crippen LogP contribution in [-0.4, -0.2) is 6.54 Å². The van der Waals surface area contributed by atoms with Crippen LogP contribution in [0, 0.1) is 26.7 Å². The molecule has 0 amide bonds. The van der Waals surface area contributed by atoms with E-state index in [9.17, 15) is 0 Å². The van der Waals surface area contributed by atoms with Crippen molar-refractivity contribution in [2.75, 3.05) is 6.54 Å². The quantitative estimate of drug-likeness (QED) is 0.823.